The smallest absolute Gasteiger partial charge is 0.242 e. The van der Waals surface area contributed by atoms with Crippen LogP contribution < -0.4 is 10.1 Å². The van der Waals surface area contributed by atoms with Crippen LogP contribution >= 0.6 is 11.6 Å². The van der Waals surface area contributed by atoms with Gasteiger partial charge in [-0.05, 0) is 54.8 Å². The summed E-state index contributed by atoms with van der Waals surface area (Å²) in [6, 6.07) is 15.1. The van der Waals surface area contributed by atoms with Crippen LogP contribution in [0.5, 0.6) is 5.75 Å². The van der Waals surface area contributed by atoms with E-state index < -0.39 is 11.8 Å². The average molecular weight is 394 g/mol. The minimum absolute atomic E-state index is 0.173. The maximum atomic E-state index is 12.7. The van der Waals surface area contributed by atoms with E-state index in [-0.39, 0.29) is 6.42 Å². The number of amides is 1. The van der Waals surface area contributed by atoms with E-state index >= 15 is 0 Å². The lowest BCUT2D eigenvalue weighted by Crippen LogP contribution is -2.24. The Morgan fingerprint density at radius 1 is 1.29 bits per heavy atom. The number of nitriles is 1. The number of carbonyl (C=O) groups is 1. The van der Waals surface area contributed by atoms with Crippen LogP contribution in [0.15, 0.2) is 42.5 Å². The van der Waals surface area contributed by atoms with Crippen LogP contribution in [-0.4, -0.2) is 18.0 Å². The normalized spacial score (nSPS) is 11.7. The summed E-state index contributed by atoms with van der Waals surface area (Å²) in [6.07, 6.45) is 0.173. The molecule has 1 unspecified atom stereocenters. The fourth-order valence-electron chi connectivity index (χ4n) is 3.18. The maximum Gasteiger partial charge on any atom is 0.242 e. The van der Waals surface area contributed by atoms with Crippen LogP contribution in [0.2, 0.25) is 5.15 Å². The quantitative estimate of drug-likeness (QED) is 0.629. The van der Waals surface area contributed by atoms with Crippen LogP contribution in [-0.2, 0) is 11.2 Å². The van der Waals surface area contributed by atoms with E-state index in [4.69, 9.17) is 16.3 Å². The van der Waals surface area contributed by atoms with Gasteiger partial charge in [0.15, 0.2) is 0 Å². The van der Waals surface area contributed by atoms with Gasteiger partial charge >= 0.3 is 0 Å². The molecule has 0 saturated carbocycles. The highest BCUT2D eigenvalue weighted by molar-refractivity contribution is 6.30. The second-order valence-corrected chi connectivity index (χ2v) is 7.02. The topological polar surface area (TPSA) is 75.0 Å². The van der Waals surface area contributed by atoms with Gasteiger partial charge in [-0.3, -0.25) is 4.79 Å². The molecular weight excluding hydrogens is 374 g/mol. The third kappa shape index (κ3) is 4.08. The molecule has 6 heteroatoms. The number of hydrogen-bond donors (Lipinski definition) is 1. The number of hydrogen-bond acceptors (Lipinski definition) is 4. The highest BCUT2D eigenvalue weighted by Gasteiger charge is 2.22. The summed E-state index contributed by atoms with van der Waals surface area (Å²) in [4.78, 5) is 17.1. The van der Waals surface area contributed by atoms with Crippen LogP contribution in [0.1, 0.15) is 16.7 Å². The number of para-hydroxylation sites is 2. The van der Waals surface area contributed by atoms with E-state index in [1.165, 1.54) is 7.11 Å². The van der Waals surface area contributed by atoms with Crippen LogP contribution in [0.3, 0.4) is 0 Å². The van der Waals surface area contributed by atoms with E-state index in [1.807, 2.05) is 26.0 Å². The molecule has 0 bridgehead atoms. The lowest BCUT2D eigenvalue weighted by atomic mass is 9.98. The zero-order chi connectivity index (χ0) is 20.3. The second-order valence-electron chi connectivity index (χ2n) is 6.66. The predicted molar refractivity (Wildman–Crippen MR) is 111 cm³/mol. The van der Waals surface area contributed by atoms with Crippen LogP contribution in [0.4, 0.5) is 5.69 Å². The lowest BCUT2D eigenvalue weighted by molar-refractivity contribution is -0.118. The first-order chi connectivity index (χ1) is 13.4. The van der Waals surface area contributed by atoms with Gasteiger partial charge in [0, 0.05) is 11.8 Å². The molecule has 142 valence electrons. The number of nitrogens with one attached hydrogen (secondary N) is 1. The number of aryl methyl sites for hydroxylation is 2. The van der Waals surface area contributed by atoms with Crippen molar-refractivity contribution >= 4 is 34.1 Å². The first-order valence-electron chi connectivity index (χ1n) is 8.82. The number of methoxy groups -OCH3 is 1. The van der Waals surface area contributed by atoms with Gasteiger partial charge in [0.25, 0.3) is 0 Å². The number of ether oxygens (including phenoxy) is 1. The van der Waals surface area contributed by atoms with Gasteiger partial charge in [-0.1, -0.05) is 29.8 Å². The SMILES string of the molecule is COc1ccccc1NC(=O)C(C#N)Cc1cc2c(C)cc(C)cc2nc1Cl. The number of carbonyl (C=O) groups excluding carboxylic acids is 1. The fourth-order valence-corrected chi connectivity index (χ4v) is 3.40. The Morgan fingerprint density at radius 2 is 2.04 bits per heavy atom. The van der Waals surface area contributed by atoms with Gasteiger partial charge in [0.05, 0.1) is 24.4 Å². The zero-order valence-corrected chi connectivity index (χ0v) is 16.7. The van der Waals surface area contributed by atoms with E-state index in [9.17, 15) is 10.1 Å². The van der Waals surface area contributed by atoms with E-state index in [1.54, 1.807) is 24.3 Å². The molecule has 5 nitrogen and oxygen atoms in total. The van der Waals surface area contributed by atoms with E-state index in [0.717, 1.165) is 22.0 Å². The Labute approximate surface area is 168 Å². The predicted octanol–water partition coefficient (Wildman–Crippen LogP) is 4.83. The molecule has 3 aromatic rings. The summed E-state index contributed by atoms with van der Waals surface area (Å²) >= 11 is 6.35. The lowest BCUT2D eigenvalue weighted by Gasteiger charge is -2.14. The number of fused-ring (bicyclic) bond motifs is 1. The van der Waals surface area contributed by atoms with Crippen molar-refractivity contribution < 1.29 is 9.53 Å². The molecular formula is C22H20ClN3O2. The van der Waals surface area contributed by atoms with Crippen molar-refractivity contribution in [3.05, 3.63) is 64.3 Å². The average Bonchev–Trinajstić information content (AvgIpc) is 2.66. The van der Waals surface area contributed by atoms with Crippen molar-refractivity contribution in [2.75, 3.05) is 12.4 Å². The van der Waals surface area contributed by atoms with Crippen LogP contribution in [0, 0.1) is 31.1 Å². The minimum Gasteiger partial charge on any atom is -0.495 e. The first-order valence-corrected chi connectivity index (χ1v) is 9.20. The summed E-state index contributed by atoms with van der Waals surface area (Å²) in [6.45, 7) is 4.01. The van der Waals surface area contributed by atoms with Gasteiger partial charge in [-0.25, -0.2) is 4.98 Å². The second kappa shape index (κ2) is 8.28. The molecule has 0 aliphatic heterocycles. The third-order valence-corrected chi connectivity index (χ3v) is 4.90. The maximum absolute atomic E-state index is 12.7. The monoisotopic (exact) mass is 393 g/mol. The van der Waals surface area contributed by atoms with Crippen molar-refractivity contribution in [2.24, 2.45) is 5.92 Å². The first kappa shape index (κ1) is 19.7. The van der Waals surface area contributed by atoms with Gasteiger partial charge in [0.2, 0.25) is 5.91 Å². The van der Waals surface area contributed by atoms with Crippen molar-refractivity contribution in [1.82, 2.24) is 4.98 Å². The largest absolute Gasteiger partial charge is 0.495 e. The Kier molecular flexibility index (Phi) is 5.81. The summed E-state index contributed by atoms with van der Waals surface area (Å²) in [5, 5.41) is 13.6. The molecule has 0 aliphatic rings. The fraction of sp³-hybridized carbons (Fsp3) is 0.227. The zero-order valence-electron chi connectivity index (χ0n) is 15.9. The summed E-state index contributed by atoms with van der Waals surface area (Å²) in [5.41, 5.74) is 4.17. The van der Waals surface area contributed by atoms with E-state index in [2.05, 4.69) is 22.4 Å². The van der Waals surface area contributed by atoms with E-state index in [0.29, 0.717) is 22.2 Å². The summed E-state index contributed by atoms with van der Waals surface area (Å²) in [5.74, 6) is -0.792. The molecule has 0 radical (unpaired) electrons. The van der Waals surface area contributed by atoms with Gasteiger partial charge < -0.3 is 10.1 Å². The van der Waals surface area contributed by atoms with Crippen molar-refractivity contribution in [1.29, 1.82) is 5.26 Å². The number of halogens is 1. The Hall–Kier alpha value is -3.10. The van der Waals surface area contributed by atoms with Gasteiger partial charge in [0.1, 0.15) is 16.8 Å². The Bertz CT molecular complexity index is 1090. The Balaban J connectivity index is 1.87. The molecule has 2 aromatic carbocycles. The standard InChI is InChI=1S/C22H20ClN3O2/c1-13-8-14(2)17-11-15(21(23)25-19(17)9-13)10-16(12-24)22(27)26-18-6-4-5-7-20(18)28-3/h4-9,11,16H,10H2,1-3H3,(H,26,27). The number of benzene rings is 2. The molecule has 1 atom stereocenters. The third-order valence-electron chi connectivity index (χ3n) is 4.57. The van der Waals surface area contributed by atoms with Gasteiger partial charge in [-0.15, -0.1) is 0 Å². The minimum atomic E-state index is -0.910. The molecule has 0 fully saturated rings. The number of anilines is 1. The molecule has 0 saturated heterocycles. The molecule has 1 heterocycles. The highest BCUT2D eigenvalue weighted by atomic mass is 35.5. The summed E-state index contributed by atoms with van der Waals surface area (Å²) in [7, 11) is 1.53. The van der Waals surface area contributed by atoms with Crippen molar-refractivity contribution in [2.45, 2.75) is 20.3 Å². The molecule has 0 spiro atoms. The molecule has 1 N–H and O–H groups in total. The molecule has 1 aromatic heterocycles. The number of nitrogens with zero attached hydrogens (tertiary/aromatic N) is 2. The molecule has 3 rings (SSSR count). The molecule has 0 aliphatic carbocycles. The van der Waals surface area contributed by atoms with Crippen LogP contribution in [0.25, 0.3) is 10.9 Å². The number of rotatable bonds is 5. The number of aromatic nitrogens is 1. The summed E-state index contributed by atoms with van der Waals surface area (Å²) < 4.78 is 5.24. The van der Waals surface area contributed by atoms with Gasteiger partial charge in [-0.2, -0.15) is 5.26 Å². The molecule has 1 amide bonds. The molecule has 28 heavy (non-hydrogen) atoms. The van der Waals surface area contributed by atoms with Crippen molar-refractivity contribution in [3.8, 4) is 11.8 Å². The Morgan fingerprint density at radius 3 is 2.75 bits per heavy atom. The van der Waals surface area contributed by atoms with Crippen molar-refractivity contribution in [3.63, 3.8) is 0 Å². The highest BCUT2D eigenvalue weighted by Crippen LogP contribution is 2.28. The number of pyridine rings is 1.